The van der Waals surface area contributed by atoms with Gasteiger partial charge in [-0.2, -0.15) is 0 Å². The van der Waals surface area contributed by atoms with Gasteiger partial charge >= 0.3 is 5.69 Å². The van der Waals surface area contributed by atoms with Crippen LogP contribution in [0.15, 0.2) is 109 Å². The zero-order chi connectivity index (χ0) is 24.4. The van der Waals surface area contributed by atoms with Gasteiger partial charge in [0.15, 0.2) is 11.6 Å². The number of anilines is 1. The van der Waals surface area contributed by atoms with E-state index < -0.39 is 17.7 Å². The standard InChI is InChI=1S/C27H21FN4O3/c1-2-26(33)30-18-7-6-8-19(15-18)31-23-13-14-29-17-24(23)32(27(31)34)20-11-12-25(22(28)16-20)35-21-9-4-3-5-10-21/h2-17,26,30,33H,1H2. The van der Waals surface area contributed by atoms with E-state index in [2.05, 4.69) is 16.9 Å². The minimum atomic E-state index is -0.938. The first-order valence-electron chi connectivity index (χ1n) is 10.8. The van der Waals surface area contributed by atoms with Gasteiger partial charge in [0.05, 0.1) is 28.6 Å². The summed E-state index contributed by atoms with van der Waals surface area (Å²) in [6.07, 6.45) is 3.56. The van der Waals surface area contributed by atoms with Crippen molar-refractivity contribution >= 4 is 16.7 Å². The molecule has 0 bridgehead atoms. The molecule has 2 heterocycles. The summed E-state index contributed by atoms with van der Waals surface area (Å²) in [7, 11) is 0. The van der Waals surface area contributed by atoms with E-state index in [9.17, 15) is 14.3 Å². The molecular weight excluding hydrogens is 447 g/mol. The van der Waals surface area contributed by atoms with Gasteiger partial charge in [-0.05, 0) is 54.6 Å². The number of aliphatic hydroxyl groups excluding tert-OH is 1. The number of hydrogen-bond acceptors (Lipinski definition) is 5. The zero-order valence-electron chi connectivity index (χ0n) is 18.5. The van der Waals surface area contributed by atoms with Crippen molar-refractivity contribution in [3.8, 4) is 22.9 Å². The Labute approximate surface area is 200 Å². The van der Waals surface area contributed by atoms with Crippen LogP contribution in [-0.4, -0.2) is 25.5 Å². The lowest BCUT2D eigenvalue weighted by molar-refractivity contribution is 0.253. The summed E-state index contributed by atoms with van der Waals surface area (Å²) in [5, 5.41) is 12.7. The Bertz CT molecular complexity index is 1580. The number of para-hydroxylation sites is 1. The van der Waals surface area contributed by atoms with Crippen molar-refractivity contribution in [3.05, 3.63) is 120 Å². The number of aliphatic hydroxyl groups is 1. The summed E-state index contributed by atoms with van der Waals surface area (Å²) in [5.74, 6) is -0.0470. The maximum Gasteiger partial charge on any atom is 0.338 e. The first-order chi connectivity index (χ1) is 17.0. The fraction of sp³-hybridized carbons (Fsp3) is 0.0370. The molecule has 0 saturated carbocycles. The Morgan fingerprint density at radius 1 is 0.971 bits per heavy atom. The van der Waals surface area contributed by atoms with E-state index in [0.29, 0.717) is 33.8 Å². The number of fused-ring (bicyclic) bond motifs is 1. The van der Waals surface area contributed by atoms with Crippen LogP contribution < -0.4 is 15.7 Å². The third-order valence-corrected chi connectivity index (χ3v) is 5.43. The summed E-state index contributed by atoms with van der Waals surface area (Å²) < 4.78 is 23.5. The van der Waals surface area contributed by atoms with Crippen molar-refractivity contribution in [1.82, 2.24) is 14.1 Å². The summed E-state index contributed by atoms with van der Waals surface area (Å²) >= 11 is 0. The Kier molecular flexibility index (Phi) is 5.87. The van der Waals surface area contributed by atoms with Gasteiger partial charge in [-0.25, -0.2) is 9.18 Å². The third-order valence-electron chi connectivity index (χ3n) is 5.43. The predicted octanol–water partition coefficient (Wildman–Crippen LogP) is 5.02. The average molecular weight is 468 g/mol. The van der Waals surface area contributed by atoms with Crippen LogP contribution >= 0.6 is 0 Å². The van der Waals surface area contributed by atoms with Gasteiger partial charge in [0, 0.05) is 18.0 Å². The smallest absolute Gasteiger partial charge is 0.338 e. The van der Waals surface area contributed by atoms with Gasteiger partial charge in [-0.1, -0.05) is 30.8 Å². The minimum Gasteiger partial charge on any atom is -0.454 e. The average Bonchev–Trinajstić information content (AvgIpc) is 3.17. The maximum absolute atomic E-state index is 15.0. The SMILES string of the molecule is C=CC(O)Nc1cccc(-n2c(=O)n(-c3ccc(Oc4ccccc4)c(F)c3)c3cnccc32)c1. The van der Waals surface area contributed by atoms with E-state index in [4.69, 9.17) is 4.74 Å². The van der Waals surface area contributed by atoms with Crippen LogP contribution in [0.2, 0.25) is 0 Å². The van der Waals surface area contributed by atoms with E-state index in [0.717, 1.165) is 0 Å². The molecule has 0 saturated heterocycles. The molecule has 0 fully saturated rings. The lowest BCUT2D eigenvalue weighted by atomic mass is 10.2. The molecule has 0 spiro atoms. The molecule has 0 radical (unpaired) electrons. The van der Waals surface area contributed by atoms with Gasteiger partial charge in [0.2, 0.25) is 0 Å². The fourth-order valence-corrected chi connectivity index (χ4v) is 3.84. The van der Waals surface area contributed by atoms with Gasteiger partial charge in [0.1, 0.15) is 12.0 Å². The fourth-order valence-electron chi connectivity index (χ4n) is 3.84. The number of benzene rings is 3. The van der Waals surface area contributed by atoms with Crippen LogP contribution in [0.1, 0.15) is 0 Å². The van der Waals surface area contributed by atoms with Crippen LogP contribution in [0.3, 0.4) is 0 Å². The Morgan fingerprint density at radius 2 is 1.74 bits per heavy atom. The molecule has 0 aliphatic heterocycles. The molecule has 0 aliphatic carbocycles. The summed E-state index contributed by atoms with van der Waals surface area (Å²) in [6, 6.07) is 22.0. The number of nitrogens with one attached hydrogen (secondary N) is 1. The van der Waals surface area contributed by atoms with Crippen LogP contribution in [0.4, 0.5) is 10.1 Å². The van der Waals surface area contributed by atoms with E-state index in [1.54, 1.807) is 73.1 Å². The quantitative estimate of drug-likeness (QED) is 0.259. The second-order valence-corrected chi connectivity index (χ2v) is 7.72. The molecule has 2 aromatic heterocycles. The molecule has 1 atom stereocenters. The van der Waals surface area contributed by atoms with Crippen molar-refractivity contribution in [2.24, 2.45) is 0 Å². The number of rotatable bonds is 7. The zero-order valence-corrected chi connectivity index (χ0v) is 18.5. The van der Waals surface area contributed by atoms with Crippen LogP contribution in [0.25, 0.3) is 22.4 Å². The molecule has 2 N–H and O–H groups in total. The second kappa shape index (κ2) is 9.28. The van der Waals surface area contributed by atoms with E-state index in [1.807, 2.05) is 6.07 Å². The number of aromatic nitrogens is 3. The monoisotopic (exact) mass is 468 g/mol. The maximum atomic E-state index is 15.0. The Balaban J connectivity index is 1.60. The Hall–Kier alpha value is -4.69. The van der Waals surface area contributed by atoms with Crippen LogP contribution in [0.5, 0.6) is 11.5 Å². The predicted molar refractivity (Wildman–Crippen MR) is 133 cm³/mol. The first-order valence-corrected chi connectivity index (χ1v) is 10.8. The molecule has 5 aromatic rings. The lowest BCUT2D eigenvalue weighted by Gasteiger charge is -2.11. The van der Waals surface area contributed by atoms with Crippen molar-refractivity contribution in [2.45, 2.75) is 6.23 Å². The van der Waals surface area contributed by atoms with Gasteiger partial charge in [-0.3, -0.25) is 14.1 Å². The van der Waals surface area contributed by atoms with Gasteiger partial charge in [-0.15, -0.1) is 0 Å². The molecule has 5 rings (SSSR count). The van der Waals surface area contributed by atoms with E-state index in [1.165, 1.54) is 27.3 Å². The highest BCUT2D eigenvalue weighted by Crippen LogP contribution is 2.28. The van der Waals surface area contributed by atoms with E-state index >= 15 is 0 Å². The highest BCUT2D eigenvalue weighted by molar-refractivity contribution is 5.79. The van der Waals surface area contributed by atoms with Crippen LogP contribution in [-0.2, 0) is 0 Å². The largest absolute Gasteiger partial charge is 0.454 e. The number of pyridine rings is 1. The topological polar surface area (TPSA) is 81.3 Å². The summed E-state index contributed by atoms with van der Waals surface area (Å²) in [6.45, 7) is 3.55. The molecule has 7 nitrogen and oxygen atoms in total. The third kappa shape index (κ3) is 4.30. The highest BCUT2D eigenvalue weighted by Gasteiger charge is 2.18. The number of hydrogen-bond donors (Lipinski definition) is 2. The molecule has 174 valence electrons. The second-order valence-electron chi connectivity index (χ2n) is 7.72. The normalized spacial score (nSPS) is 11.8. The first kappa shape index (κ1) is 22.1. The highest BCUT2D eigenvalue weighted by atomic mass is 19.1. The molecular formula is C27H21FN4O3. The molecule has 8 heteroatoms. The van der Waals surface area contributed by atoms with Crippen molar-refractivity contribution < 1.29 is 14.2 Å². The number of nitrogens with zero attached hydrogens (tertiary/aromatic N) is 3. The Morgan fingerprint density at radius 3 is 2.51 bits per heavy atom. The van der Waals surface area contributed by atoms with Crippen molar-refractivity contribution in [1.29, 1.82) is 0 Å². The number of ether oxygens (including phenoxy) is 1. The molecule has 3 aromatic carbocycles. The molecule has 0 amide bonds. The van der Waals surface area contributed by atoms with Crippen LogP contribution in [0, 0.1) is 5.82 Å². The van der Waals surface area contributed by atoms with Crippen molar-refractivity contribution in [3.63, 3.8) is 0 Å². The lowest BCUT2D eigenvalue weighted by Crippen LogP contribution is -2.22. The van der Waals surface area contributed by atoms with Gasteiger partial charge in [0.25, 0.3) is 0 Å². The van der Waals surface area contributed by atoms with E-state index in [-0.39, 0.29) is 5.75 Å². The van der Waals surface area contributed by atoms with Gasteiger partial charge < -0.3 is 15.2 Å². The molecule has 35 heavy (non-hydrogen) atoms. The minimum absolute atomic E-state index is 0.0504. The summed E-state index contributed by atoms with van der Waals surface area (Å²) in [4.78, 5) is 17.8. The molecule has 1 unspecified atom stereocenters. The number of halogens is 1. The summed E-state index contributed by atoms with van der Waals surface area (Å²) in [5.41, 5.74) is 2.21. The van der Waals surface area contributed by atoms with Crippen molar-refractivity contribution in [2.75, 3.05) is 5.32 Å². The molecule has 0 aliphatic rings. The number of imidazole rings is 1.